The molecule has 0 aliphatic heterocycles. The molecule has 0 saturated carbocycles. The average molecular weight is 711 g/mol. The fourth-order valence-corrected chi connectivity index (χ4v) is 6.55. The normalized spacial score (nSPS) is 12.1. The molecule has 5 aromatic rings. The summed E-state index contributed by atoms with van der Waals surface area (Å²) >= 11 is 0. The van der Waals surface area contributed by atoms with E-state index in [9.17, 15) is 14.4 Å². The lowest BCUT2D eigenvalue weighted by atomic mass is 9.67. The summed E-state index contributed by atoms with van der Waals surface area (Å²) in [6, 6.07) is 34.6. The lowest BCUT2D eigenvalue weighted by molar-refractivity contribution is -0.139. The number of ether oxygens (including phenoxy) is 6. The van der Waals surface area contributed by atoms with E-state index in [0.29, 0.717) is 17.2 Å². The van der Waals surface area contributed by atoms with Crippen molar-refractivity contribution in [3.8, 4) is 28.4 Å². The third-order valence-corrected chi connectivity index (χ3v) is 8.84. The van der Waals surface area contributed by atoms with Crippen LogP contribution in [0.4, 0.5) is 0 Å². The van der Waals surface area contributed by atoms with Gasteiger partial charge in [-0.2, -0.15) is 0 Å². The smallest absolute Gasteiger partial charge is 0.330 e. The summed E-state index contributed by atoms with van der Waals surface area (Å²) in [6.45, 7) is 11.0. The maximum absolute atomic E-state index is 11.6. The molecule has 53 heavy (non-hydrogen) atoms. The molecule has 9 heteroatoms. The van der Waals surface area contributed by atoms with Crippen molar-refractivity contribution in [2.75, 3.05) is 39.6 Å². The van der Waals surface area contributed by atoms with Crippen LogP contribution in [0, 0.1) is 0 Å². The van der Waals surface area contributed by atoms with Crippen LogP contribution in [0.1, 0.15) is 22.3 Å². The molecule has 1 aliphatic rings. The first-order chi connectivity index (χ1) is 25.9. The van der Waals surface area contributed by atoms with E-state index in [2.05, 4.69) is 50.1 Å². The molecule has 0 amide bonds. The van der Waals surface area contributed by atoms with E-state index in [0.717, 1.165) is 62.4 Å². The third kappa shape index (κ3) is 7.84. The molecule has 1 aliphatic carbocycles. The van der Waals surface area contributed by atoms with E-state index >= 15 is 0 Å². The first kappa shape index (κ1) is 36.2. The van der Waals surface area contributed by atoms with Crippen LogP contribution in [0.15, 0.2) is 141 Å². The summed E-state index contributed by atoms with van der Waals surface area (Å²) < 4.78 is 33.2. The van der Waals surface area contributed by atoms with Crippen LogP contribution in [-0.4, -0.2) is 57.5 Å². The number of fused-ring (bicyclic) bond motifs is 4. The topological polar surface area (TPSA) is 107 Å². The Labute approximate surface area is 307 Å². The van der Waals surface area contributed by atoms with Gasteiger partial charge < -0.3 is 28.4 Å². The van der Waals surface area contributed by atoms with Gasteiger partial charge in [0.15, 0.2) is 0 Å². The van der Waals surface area contributed by atoms with Gasteiger partial charge in [-0.1, -0.05) is 74.3 Å². The van der Waals surface area contributed by atoms with Gasteiger partial charge in [0.1, 0.15) is 56.9 Å². The Hall–Kier alpha value is -6.61. The van der Waals surface area contributed by atoms with E-state index in [1.807, 2.05) is 72.8 Å². The highest BCUT2D eigenvalue weighted by Gasteiger charge is 2.46. The Balaban J connectivity index is 1.44. The van der Waals surface area contributed by atoms with Gasteiger partial charge in [-0.15, -0.1) is 0 Å². The number of hydrogen-bond donors (Lipinski definition) is 0. The monoisotopic (exact) mass is 710 g/mol. The molecular weight excluding hydrogens is 672 g/mol. The van der Waals surface area contributed by atoms with Gasteiger partial charge in [-0.3, -0.25) is 0 Å². The second-order valence-corrected chi connectivity index (χ2v) is 11.9. The van der Waals surface area contributed by atoms with Crippen LogP contribution in [-0.2, 0) is 34.0 Å². The molecule has 0 N–H and O–H groups in total. The van der Waals surface area contributed by atoms with Crippen LogP contribution >= 0.6 is 0 Å². The maximum Gasteiger partial charge on any atom is 0.330 e. The molecule has 268 valence electrons. The molecule has 0 atom stereocenters. The first-order valence-electron chi connectivity index (χ1n) is 17.0. The minimum absolute atomic E-state index is 0.0706. The zero-order chi connectivity index (χ0) is 37.2. The molecule has 6 rings (SSSR count). The summed E-state index contributed by atoms with van der Waals surface area (Å²) in [5.74, 6) is 0.309. The van der Waals surface area contributed by atoms with E-state index in [4.69, 9.17) is 28.4 Å². The predicted octanol–water partition coefficient (Wildman–Crippen LogP) is 7.53. The Morgan fingerprint density at radius 3 is 1.36 bits per heavy atom. The quantitative estimate of drug-likeness (QED) is 0.0411. The van der Waals surface area contributed by atoms with E-state index in [1.54, 1.807) is 0 Å². The standard InChI is InChI=1S/C44H38O9/c1-4-41(45)51-24-21-48-34-15-11-32(12-16-34)44(33-13-17-35(18-14-33)49-22-25-52-42(46)5-2)39-28-31-10-8-7-9-30(31)27-38(39)37-20-19-36(29-40(37)44)50-23-26-53-43(47)6-3/h4-20,27-29H,1-3,21-26H2. The van der Waals surface area contributed by atoms with Crippen molar-refractivity contribution < 1.29 is 42.8 Å². The minimum Gasteiger partial charge on any atom is -0.490 e. The Morgan fingerprint density at radius 2 is 0.887 bits per heavy atom. The summed E-state index contributed by atoms with van der Waals surface area (Å²) in [5.41, 5.74) is 5.33. The highest BCUT2D eigenvalue weighted by Crippen LogP contribution is 2.57. The molecular formula is C44H38O9. The number of esters is 3. The third-order valence-electron chi connectivity index (χ3n) is 8.84. The van der Waals surface area contributed by atoms with Gasteiger partial charge in [0.25, 0.3) is 0 Å². The number of carbonyl (C=O) groups is 3. The molecule has 0 saturated heterocycles. The van der Waals surface area contributed by atoms with Crippen LogP contribution in [0.25, 0.3) is 21.9 Å². The highest BCUT2D eigenvalue weighted by molar-refractivity contribution is 5.96. The first-order valence-corrected chi connectivity index (χ1v) is 17.0. The molecule has 9 nitrogen and oxygen atoms in total. The maximum atomic E-state index is 11.6. The second-order valence-electron chi connectivity index (χ2n) is 11.9. The molecule has 0 fully saturated rings. The Bertz CT molecular complexity index is 2080. The Kier molecular flexibility index (Phi) is 11.3. The van der Waals surface area contributed by atoms with Gasteiger partial charge in [0, 0.05) is 18.2 Å². The lowest BCUT2D eigenvalue weighted by Crippen LogP contribution is -2.28. The van der Waals surface area contributed by atoms with Crippen LogP contribution in [0.5, 0.6) is 17.2 Å². The lowest BCUT2D eigenvalue weighted by Gasteiger charge is -2.34. The fourth-order valence-electron chi connectivity index (χ4n) is 6.55. The van der Waals surface area contributed by atoms with Crippen molar-refractivity contribution in [3.05, 3.63) is 163 Å². The van der Waals surface area contributed by atoms with Crippen molar-refractivity contribution in [2.45, 2.75) is 5.41 Å². The number of carbonyl (C=O) groups excluding carboxylic acids is 3. The van der Waals surface area contributed by atoms with Gasteiger partial charge in [0.2, 0.25) is 0 Å². The zero-order valence-corrected chi connectivity index (χ0v) is 29.1. The second kappa shape index (κ2) is 16.6. The molecule has 0 aromatic heterocycles. The SMILES string of the molecule is C=CC(=O)OCCOc1ccc(C2(c3ccc(OCCOC(=O)C=C)cc3)c3cc(OCCOC(=O)C=C)ccc3-c3cc4ccccc4cc32)cc1. The van der Waals surface area contributed by atoms with Crippen LogP contribution in [0.3, 0.4) is 0 Å². The highest BCUT2D eigenvalue weighted by atomic mass is 16.6. The number of rotatable bonds is 17. The van der Waals surface area contributed by atoms with Crippen molar-refractivity contribution in [3.63, 3.8) is 0 Å². The van der Waals surface area contributed by atoms with Crippen molar-refractivity contribution >= 4 is 28.7 Å². The van der Waals surface area contributed by atoms with Crippen LogP contribution in [0.2, 0.25) is 0 Å². The number of hydrogen-bond acceptors (Lipinski definition) is 9. The summed E-state index contributed by atoms with van der Waals surface area (Å²) in [7, 11) is 0. The van der Waals surface area contributed by atoms with Crippen molar-refractivity contribution in [1.82, 2.24) is 0 Å². The van der Waals surface area contributed by atoms with Crippen molar-refractivity contribution in [1.29, 1.82) is 0 Å². The number of benzene rings is 5. The molecule has 0 bridgehead atoms. The molecule has 0 unspecified atom stereocenters. The van der Waals surface area contributed by atoms with E-state index < -0.39 is 23.3 Å². The molecule has 0 heterocycles. The predicted molar refractivity (Wildman–Crippen MR) is 201 cm³/mol. The van der Waals surface area contributed by atoms with E-state index in [1.165, 1.54) is 0 Å². The minimum atomic E-state index is -0.820. The van der Waals surface area contributed by atoms with Crippen LogP contribution < -0.4 is 14.2 Å². The summed E-state index contributed by atoms with van der Waals surface area (Å²) in [4.78, 5) is 34.6. The van der Waals surface area contributed by atoms with Crippen molar-refractivity contribution in [2.24, 2.45) is 0 Å². The Morgan fingerprint density at radius 1 is 0.472 bits per heavy atom. The van der Waals surface area contributed by atoms with Gasteiger partial charge in [0.05, 0.1) is 5.41 Å². The van der Waals surface area contributed by atoms with E-state index in [-0.39, 0.29) is 39.6 Å². The van der Waals surface area contributed by atoms with Gasteiger partial charge in [-0.25, -0.2) is 14.4 Å². The molecule has 0 radical (unpaired) electrons. The molecule has 0 spiro atoms. The summed E-state index contributed by atoms with van der Waals surface area (Å²) in [5, 5.41) is 2.20. The fraction of sp³-hybridized carbons (Fsp3) is 0.159. The largest absolute Gasteiger partial charge is 0.490 e. The summed E-state index contributed by atoms with van der Waals surface area (Å²) in [6.07, 6.45) is 3.34. The van der Waals surface area contributed by atoms with Gasteiger partial charge >= 0.3 is 17.9 Å². The average Bonchev–Trinajstić information content (AvgIpc) is 3.48. The zero-order valence-electron chi connectivity index (χ0n) is 29.1. The van der Waals surface area contributed by atoms with Gasteiger partial charge in [-0.05, 0) is 92.7 Å². The molecule has 5 aromatic carbocycles.